The maximum atomic E-state index is 12.3. The fourth-order valence-electron chi connectivity index (χ4n) is 2.22. The zero-order valence-electron chi connectivity index (χ0n) is 9.64. The van der Waals surface area contributed by atoms with Gasteiger partial charge in [-0.25, -0.2) is 4.68 Å². The van der Waals surface area contributed by atoms with Crippen LogP contribution in [0.15, 0.2) is 12.3 Å². The molecule has 0 fully saturated rings. The average Bonchev–Trinajstić information content (AvgIpc) is 2.93. The highest BCUT2D eigenvalue weighted by molar-refractivity contribution is 7.14. The lowest BCUT2D eigenvalue weighted by Crippen LogP contribution is -2.06. The standard InChI is InChI=1S/C12H13N3OS/c1-15-9(7-13-14-15)12(16)11-6-8-4-2-3-5-10(8)17-11/h6-7H,2-5H2,1H3. The minimum absolute atomic E-state index is 0.0388. The lowest BCUT2D eigenvalue weighted by Gasteiger charge is -2.08. The van der Waals surface area contributed by atoms with Gasteiger partial charge >= 0.3 is 0 Å². The molecule has 0 unspecified atom stereocenters. The lowest BCUT2D eigenvalue weighted by molar-refractivity contribution is 0.103. The van der Waals surface area contributed by atoms with Crippen molar-refractivity contribution in [1.82, 2.24) is 15.0 Å². The summed E-state index contributed by atoms with van der Waals surface area (Å²) in [5, 5.41) is 7.54. The second-order valence-electron chi connectivity index (χ2n) is 4.34. The van der Waals surface area contributed by atoms with Crippen molar-refractivity contribution in [3.05, 3.63) is 33.3 Å². The molecule has 2 aromatic rings. The Hall–Kier alpha value is -1.49. The van der Waals surface area contributed by atoms with Gasteiger partial charge in [-0.3, -0.25) is 4.79 Å². The Kier molecular flexibility index (Phi) is 2.55. The van der Waals surface area contributed by atoms with Crippen LogP contribution in [0.5, 0.6) is 0 Å². The second kappa shape index (κ2) is 4.07. The van der Waals surface area contributed by atoms with Gasteiger partial charge in [0.1, 0.15) is 5.69 Å². The summed E-state index contributed by atoms with van der Waals surface area (Å²) < 4.78 is 1.53. The highest BCUT2D eigenvalue weighted by Gasteiger charge is 2.20. The fraction of sp³-hybridized carbons (Fsp3) is 0.417. The summed E-state index contributed by atoms with van der Waals surface area (Å²) in [4.78, 5) is 14.5. The summed E-state index contributed by atoms with van der Waals surface area (Å²) in [6.07, 6.45) is 6.25. The molecule has 0 saturated heterocycles. The predicted octanol–water partition coefficient (Wildman–Crippen LogP) is 1.99. The maximum absolute atomic E-state index is 12.3. The quantitative estimate of drug-likeness (QED) is 0.762. The van der Waals surface area contributed by atoms with Crippen LogP contribution in [-0.2, 0) is 19.9 Å². The molecule has 3 rings (SSSR count). The topological polar surface area (TPSA) is 47.8 Å². The number of aryl methyl sites for hydroxylation is 3. The van der Waals surface area contributed by atoms with Crippen LogP contribution in [0.3, 0.4) is 0 Å². The van der Waals surface area contributed by atoms with Gasteiger partial charge < -0.3 is 0 Å². The smallest absolute Gasteiger partial charge is 0.222 e. The van der Waals surface area contributed by atoms with E-state index in [1.165, 1.54) is 34.2 Å². The van der Waals surface area contributed by atoms with Crippen molar-refractivity contribution in [3.8, 4) is 0 Å². The number of hydrogen-bond acceptors (Lipinski definition) is 4. The highest BCUT2D eigenvalue weighted by atomic mass is 32.1. The van der Waals surface area contributed by atoms with Crippen molar-refractivity contribution >= 4 is 17.1 Å². The fourth-order valence-corrected chi connectivity index (χ4v) is 3.43. The largest absolute Gasteiger partial charge is 0.286 e. The molecule has 5 heteroatoms. The maximum Gasteiger partial charge on any atom is 0.222 e. The molecule has 4 nitrogen and oxygen atoms in total. The van der Waals surface area contributed by atoms with E-state index < -0.39 is 0 Å². The van der Waals surface area contributed by atoms with Crippen LogP contribution in [0.2, 0.25) is 0 Å². The number of aromatic nitrogens is 3. The van der Waals surface area contributed by atoms with Crippen LogP contribution < -0.4 is 0 Å². The zero-order chi connectivity index (χ0) is 11.8. The number of carbonyl (C=O) groups excluding carboxylic acids is 1. The van der Waals surface area contributed by atoms with E-state index >= 15 is 0 Å². The van der Waals surface area contributed by atoms with E-state index in [1.807, 2.05) is 0 Å². The van der Waals surface area contributed by atoms with Crippen molar-refractivity contribution in [1.29, 1.82) is 0 Å². The third-order valence-corrected chi connectivity index (χ3v) is 4.40. The molecule has 0 radical (unpaired) electrons. The van der Waals surface area contributed by atoms with Crippen molar-refractivity contribution in [2.75, 3.05) is 0 Å². The number of ketones is 1. The SMILES string of the molecule is Cn1nncc1C(=O)c1cc2c(s1)CCCC2. The van der Waals surface area contributed by atoms with E-state index in [2.05, 4.69) is 16.4 Å². The van der Waals surface area contributed by atoms with Gasteiger partial charge in [0.2, 0.25) is 5.78 Å². The Morgan fingerprint density at radius 2 is 2.24 bits per heavy atom. The number of thiophene rings is 1. The summed E-state index contributed by atoms with van der Waals surface area (Å²) in [7, 11) is 1.74. The molecule has 0 spiro atoms. The minimum atomic E-state index is 0.0388. The normalized spacial score (nSPS) is 14.6. The van der Waals surface area contributed by atoms with E-state index in [0.29, 0.717) is 5.69 Å². The first-order valence-corrected chi connectivity index (χ1v) is 6.58. The van der Waals surface area contributed by atoms with Crippen LogP contribution in [-0.4, -0.2) is 20.8 Å². The molecule has 0 atom stereocenters. The van der Waals surface area contributed by atoms with E-state index in [4.69, 9.17) is 0 Å². The van der Waals surface area contributed by atoms with E-state index in [1.54, 1.807) is 18.4 Å². The molecule has 2 aromatic heterocycles. The molecule has 88 valence electrons. The van der Waals surface area contributed by atoms with Crippen molar-refractivity contribution in [2.45, 2.75) is 25.7 Å². The van der Waals surface area contributed by atoms with Crippen molar-refractivity contribution in [3.63, 3.8) is 0 Å². The summed E-state index contributed by atoms with van der Waals surface area (Å²) in [6, 6.07) is 2.05. The Morgan fingerprint density at radius 3 is 2.94 bits per heavy atom. The molecular formula is C12H13N3OS. The van der Waals surface area contributed by atoms with Gasteiger partial charge in [0.15, 0.2) is 0 Å². The molecule has 2 heterocycles. The highest BCUT2D eigenvalue weighted by Crippen LogP contribution is 2.30. The summed E-state index contributed by atoms with van der Waals surface area (Å²) >= 11 is 1.63. The van der Waals surface area contributed by atoms with Gasteiger partial charge in [0, 0.05) is 11.9 Å². The van der Waals surface area contributed by atoms with Crippen molar-refractivity contribution in [2.24, 2.45) is 7.05 Å². The first-order valence-electron chi connectivity index (χ1n) is 5.76. The van der Waals surface area contributed by atoms with Crippen LogP contribution in [0.25, 0.3) is 0 Å². The number of rotatable bonds is 2. The first kappa shape index (κ1) is 10.7. The second-order valence-corrected chi connectivity index (χ2v) is 5.47. The van der Waals surface area contributed by atoms with Gasteiger partial charge in [-0.15, -0.1) is 16.4 Å². The number of hydrogen-bond donors (Lipinski definition) is 0. The molecule has 1 aliphatic carbocycles. The van der Waals surface area contributed by atoms with Gasteiger partial charge in [-0.1, -0.05) is 5.21 Å². The molecular weight excluding hydrogens is 234 g/mol. The van der Waals surface area contributed by atoms with Gasteiger partial charge in [0.25, 0.3) is 0 Å². The zero-order valence-corrected chi connectivity index (χ0v) is 10.5. The molecule has 0 amide bonds. The summed E-state index contributed by atoms with van der Waals surface area (Å²) in [5.41, 5.74) is 1.92. The molecule has 0 aliphatic heterocycles. The third kappa shape index (κ3) is 1.80. The van der Waals surface area contributed by atoms with E-state index in [9.17, 15) is 4.79 Å². The molecule has 1 aliphatic rings. The number of carbonyl (C=O) groups is 1. The summed E-state index contributed by atoms with van der Waals surface area (Å²) in [6.45, 7) is 0. The average molecular weight is 247 g/mol. The predicted molar refractivity (Wildman–Crippen MR) is 65.4 cm³/mol. The van der Waals surface area contributed by atoms with Crippen LogP contribution in [0.4, 0.5) is 0 Å². The Labute approximate surface area is 103 Å². The van der Waals surface area contributed by atoms with E-state index in [0.717, 1.165) is 17.7 Å². The molecule has 0 N–H and O–H groups in total. The molecule has 17 heavy (non-hydrogen) atoms. The third-order valence-electron chi connectivity index (χ3n) is 3.17. The molecule has 0 saturated carbocycles. The van der Waals surface area contributed by atoms with E-state index in [-0.39, 0.29) is 5.78 Å². The Balaban J connectivity index is 1.97. The van der Waals surface area contributed by atoms with Crippen LogP contribution >= 0.6 is 11.3 Å². The summed E-state index contributed by atoms with van der Waals surface area (Å²) in [5.74, 6) is 0.0388. The monoisotopic (exact) mass is 247 g/mol. The van der Waals surface area contributed by atoms with Crippen LogP contribution in [0.1, 0.15) is 38.6 Å². The minimum Gasteiger partial charge on any atom is -0.286 e. The van der Waals surface area contributed by atoms with Gasteiger partial charge in [-0.2, -0.15) is 0 Å². The lowest BCUT2D eigenvalue weighted by atomic mass is 9.99. The molecule has 0 bridgehead atoms. The number of fused-ring (bicyclic) bond motifs is 1. The van der Waals surface area contributed by atoms with Crippen molar-refractivity contribution < 1.29 is 4.79 Å². The van der Waals surface area contributed by atoms with Crippen LogP contribution in [0, 0.1) is 0 Å². The number of nitrogens with zero attached hydrogens (tertiary/aromatic N) is 3. The Bertz CT molecular complexity index is 547. The van der Waals surface area contributed by atoms with Gasteiger partial charge in [0.05, 0.1) is 11.1 Å². The Morgan fingerprint density at radius 1 is 1.41 bits per heavy atom. The molecule has 0 aromatic carbocycles. The first-order chi connectivity index (χ1) is 8.25. The van der Waals surface area contributed by atoms with Gasteiger partial charge in [-0.05, 0) is 37.3 Å².